The Labute approximate surface area is 165 Å². The van der Waals surface area contributed by atoms with E-state index in [1.165, 1.54) is 4.90 Å². The van der Waals surface area contributed by atoms with E-state index in [-0.39, 0.29) is 22.5 Å². The number of aryl methyl sites for hydroxylation is 1. The third-order valence-corrected chi connectivity index (χ3v) is 5.17. The highest BCUT2D eigenvalue weighted by Gasteiger charge is 2.44. The molecule has 4 aromatic rings. The highest BCUT2D eigenvalue weighted by atomic mass is 16.3. The van der Waals surface area contributed by atoms with E-state index < -0.39 is 11.9 Å². The summed E-state index contributed by atoms with van der Waals surface area (Å²) in [5.74, 6) is 0.0667. The number of phenols is 1. The van der Waals surface area contributed by atoms with Crippen LogP contribution in [0.3, 0.4) is 0 Å². The molecular formula is C23H16N2O4. The quantitative estimate of drug-likeness (QED) is 0.566. The van der Waals surface area contributed by atoms with Gasteiger partial charge in [-0.05, 0) is 48.4 Å². The van der Waals surface area contributed by atoms with Crippen LogP contribution in [-0.4, -0.2) is 16.0 Å². The van der Waals surface area contributed by atoms with Crippen molar-refractivity contribution in [1.29, 1.82) is 0 Å². The first-order valence-electron chi connectivity index (χ1n) is 9.16. The number of nitrogens with zero attached hydrogens (tertiary/aromatic N) is 2. The lowest BCUT2D eigenvalue weighted by atomic mass is 9.98. The lowest BCUT2D eigenvalue weighted by molar-refractivity contribution is 0.0970. The Morgan fingerprint density at radius 1 is 1.03 bits per heavy atom. The van der Waals surface area contributed by atoms with E-state index in [4.69, 9.17) is 4.42 Å². The number of anilines is 1. The number of pyridine rings is 1. The number of carbonyl (C=O) groups is 1. The van der Waals surface area contributed by atoms with Crippen molar-refractivity contribution in [2.24, 2.45) is 0 Å². The monoisotopic (exact) mass is 384 g/mol. The van der Waals surface area contributed by atoms with E-state index in [9.17, 15) is 14.7 Å². The van der Waals surface area contributed by atoms with Crippen LogP contribution >= 0.6 is 0 Å². The summed E-state index contributed by atoms with van der Waals surface area (Å²) in [7, 11) is 0. The van der Waals surface area contributed by atoms with Crippen molar-refractivity contribution in [2.75, 3.05) is 4.90 Å². The van der Waals surface area contributed by atoms with Crippen molar-refractivity contribution in [3.63, 3.8) is 0 Å². The number of hydrogen-bond acceptors (Lipinski definition) is 5. The molecule has 0 bridgehead atoms. The van der Waals surface area contributed by atoms with Gasteiger partial charge in [0, 0.05) is 6.20 Å². The highest BCUT2D eigenvalue weighted by Crippen LogP contribution is 2.41. The minimum absolute atomic E-state index is 0.00657. The van der Waals surface area contributed by atoms with Gasteiger partial charge in [-0.3, -0.25) is 14.5 Å². The molecule has 1 aliphatic rings. The zero-order valence-electron chi connectivity index (χ0n) is 15.5. The maximum absolute atomic E-state index is 13.4. The smallest absolute Gasteiger partial charge is 0.296 e. The van der Waals surface area contributed by atoms with Crippen LogP contribution in [0.25, 0.3) is 11.0 Å². The third-order valence-electron chi connectivity index (χ3n) is 5.17. The molecule has 0 saturated carbocycles. The fourth-order valence-electron chi connectivity index (χ4n) is 3.88. The molecule has 142 valence electrons. The summed E-state index contributed by atoms with van der Waals surface area (Å²) >= 11 is 0. The van der Waals surface area contributed by atoms with Gasteiger partial charge < -0.3 is 9.52 Å². The van der Waals surface area contributed by atoms with Crippen LogP contribution in [-0.2, 0) is 0 Å². The lowest BCUT2D eigenvalue weighted by Crippen LogP contribution is -2.30. The van der Waals surface area contributed by atoms with Crippen molar-refractivity contribution in [1.82, 2.24) is 4.98 Å². The summed E-state index contributed by atoms with van der Waals surface area (Å²) in [6.45, 7) is 1.85. The Bertz CT molecular complexity index is 1340. The fraction of sp³-hybridized carbons (Fsp3) is 0.0870. The van der Waals surface area contributed by atoms with Crippen LogP contribution in [0.2, 0.25) is 0 Å². The molecule has 2 aromatic heterocycles. The van der Waals surface area contributed by atoms with E-state index in [1.807, 2.05) is 13.0 Å². The Hall–Kier alpha value is -3.93. The highest BCUT2D eigenvalue weighted by molar-refractivity contribution is 6.10. The third kappa shape index (κ3) is 2.53. The Morgan fingerprint density at radius 3 is 2.66 bits per heavy atom. The van der Waals surface area contributed by atoms with Gasteiger partial charge in [0.25, 0.3) is 5.91 Å². The summed E-state index contributed by atoms with van der Waals surface area (Å²) in [6.07, 6.45) is 1.60. The summed E-state index contributed by atoms with van der Waals surface area (Å²) in [5.41, 5.74) is 1.74. The average Bonchev–Trinajstić information content (AvgIpc) is 3.01. The van der Waals surface area contributed by atoms with Crippen LogP contribution < -0.4 is 10.3 Å². The first-order valence-corrected chi connectivity index (χ1v) is 9.16. The maximum Gasteiger partial charge on any atom is 0.296 e. The second-order valence-corrected chi connectivity index (χ2v) is 6.99. The van der Waals surface area contributed by atoms with E-state index in [0.717, 1.165) is 5.56 Å². The summed E-state index contributed by atoms with van der Waals surface area (Å²) in [5, 5.41) is 10.4. The molecule has 5 rings (SSSR count). The SMILES string of the molecule is Cc1cccnc1N1C(=O)c2oc3ccccc3c(=O)c2C1c1cccc(O)c1. The molecule has 2 aromatic carbocycles. The second-order valence-electron chi connectivity index (χ2n) is 6.99. The molecule has 0 radical (unpaired) electrons. The van der Waals surface area contributed by atoms with E-state index in [1.54, 1.807) is 60.8 Å². The number of hydrogen-bond donors (Lipinski definition) is 1. The van der Waals surface area contributed by atoms with E-state index in [2.05, 4.69) is 4.98 Å². The van der Waals surface area contributed by atoms with Gasteiger partial charge in [0.1, 0.15) is 17.2 Å². The predicted molar refractivity (Wildman–Crippen MR) is 108 cm³/mol. The van der Waals surface area contributed by atoms with E-state index in [0.29, 0.717) is 22.4 Å². The van der Waals surface area contributed by atoms with Crippen molar-refractivity contribution >= 4 is 22.7 Å². The maximum atomic E-state index is 13.4. The van der Waals surface area contributed by atoms with Crippen molar-refractivity contribution in [3.8, 4) is 5.75 Å². The second kappa shape index (κ2) is 6.31. The number of aromatic nitrogens is 1. The topological polar surface area (TPSA) is 83.6 Å². The molecule has 0 aliphatic carbocycles. The van der Waals surface area contributed by atoms with Gasteiger partial charge in [-0.2, -0.15) is 0 Å². The van der Waals surface area contributed by atoms with Gasteiger partial charge in [-0.25, -0.2) is 4.98 Å². The predicted octanol–water partition coefficient (Wildman–Crippen LogP) is 3.95. The van der Waals surface area contributed by atoms with Gasteiger partial charge in [0.15, 0.2) is 5.43 Å². The zero-order chi connectivity index (χ0) is 20.1. The minimum Gasteiger partial charge on any atom is -0.508 e. The van der Waals surface area contributed by atoms with Crippen LogP contribution in [0.1, 0.15) is 33.3 Å². The molecule has 1 N–H and O–H groups in total. The summed E-state index contributed by atoms with van der Waals surface area (Å²) in [4.78, 5) is 32.6. The van der Waals surface area contributed by atoms with Crippen LogP contribution in [0.5, 0.6) is 5.75 Å². The van der Waals surface area contributed by atoms with E-state index >= 15 is 0 Å². The van der Waals surface area contributed by atoms with Crippen molar-refractivity contribution in [2.45, 2.75) is 13.0 Å². The number of phenolic OH excluding ortho intramolecular Hbond substituents is 1. The van der Waals surface area contributed by atoms with Crippen LogP contribution in [0, 0.1) is 6.92 Å². The molecule has 1 amide bonds. The van der Waals surface area contributed by atoms with Crippen LogP contribution in [0.4, 0.5) is 5.82 Å². The molecular weight excluding hydrogens is 368 g/mol. The molecule has 1 aliphatic heterocycles. The number of carbonyl (C=O) groups excluding carboxylic acids is 1. The van der Waals surface area contributed by atoms with Crippen LogP contribution in [0.15, 0.2) is 76.1 Å². The molecule has 6 heteroatoms. The fourth-order valence-corrected chi connectivity index (χ4v) is 3.88. The largest absolute Gasteiger partial charge is 0.508 e. The van der Waals surface area contributed by atoms with Gasteiger partial charge in [-0.15, -0.1) is 0 Å². The Kier molecular flexibility index (Phi) is 3.74. The first kappa shape index (κ1) is 17.2. The van der Waals surface area contributed by atoms with Gasteiger partial charge in [0.05, 0.1) is 17.0 Å². The molecule has 0 spiro atoms. The van der Waals surface area contributed by atoms with Gasteiger partial charge in [0.2, 0.25) is 5.76 Å². The number of rotatable bonds is 2. The molecule has 0 fully saturated rings. The van der Waals surface area contributed by atoms with Gasteiger partial charge in [-0.1, -0.05) is 30.3 Å². The first-order chi connectivity index (χ1) is 14.1. The Morgan fingerprint density at radius 2 is 1.86 bits per heavy atom. The normalized spacial score (nSPS) is 15.7. The Balaban J connectivity index is 1.86. The summed E-state index contributed by atoms with van der Waals surface area (Å²) < 4.78 is 5.89. The van der Waals surface area contributed by atoms with Gasteiger partial charge >= 0.3 is 0 Å². The number of para-hydroxylation sites is 1. The molecule has 3 heterocycles. The van der Waals surface area contributed by atoms with Crippen molar-refractivity contribution in [3.05, 3.63) is 99.5 Å². The zero-order valence-corrected chi connectivity index (χ0v) is 15.5. The molecule has 1 unspecified atom stereocenters. The number of benzene rings is 2. The average molecular weight is 384 g/mol. The minimum atomic E-state index is -0.751. The number of fused-ring (bicyclic) bond motifs is 2. The molecule has 29 heavy (non-hydrogen) atoms. The summed E-state index contributed by atoms with van der Waals surface area (Å²) in [6, 6.07) is 16.3. The number of aromatic hydroxyl groups is 1. The lowest BCUT2D eigenvalue weighted by Gasteiger charge is -2.25. The molecule has 1 atom stereocenters. The molecule has 6 nitrogen and oxygen atoms in total. The number of amides is 1. The molecule has 0 saturated heterocycles. The van der Waals surface area contributed by atoms with Crippen molar-refractivity contribution < 1.29 is 14.3 Å². The standard InChI is InChI=1S/C23H16N2O4/c1-13-6-5-11-24-22(13)25-19(14-7-4-8-15(26)12-14)18-20(27)16-9-2-3-10-17(16)29-21(18)23(25)28/h2-12,19,26H,1H3.